The quantitative estimate of drug-likeness (QED) is 0.802. The third-order valence-electron chi connectivity index (χ3n) is 3.07. The number of hydrogen-bond donors (Lipinski definition) is 1. The smallest absolute Gasteiger partial charge is 0.312 e. The van der Waals surface area contributed by atoms with E-state index in [4.69, 9.17) is 0 Å². The molecule has 0 bridgehead atoms. The molecule has 80 valence electrons. The molecule has 0 aromatic heterocycles. The number of carbonyl (C=O) groups is 1. The highest BCUT2D eigenvalue weighted by atomic mass is 16.4. The predicted molar refractivity (Wildman–Crippen MR) is 59.4 cm³/mol. The summed E-state index contributed by atoms with van der Waals surface area (Å²) in [6, 6.07) is 5.98. The summed E-state index contributed by atoms with van der Waals surface area (Å²) < 4.78 is 0. The lowest BCUT2D eigenvalue weighted by Gasteiger charge is -2.16. The van der Waals surface area contributed by atoms with Crippen molar-refractivity contribution in [3.63, 3.8) is 0 Å². The van der Waals surface area contributed by atoms with E-state index >= 15 is 0 Å². The molecule has 15 heavy (non-hydrogen) atoms. The number of hydrogen-bond acceptors (Lipinski definition) is 2. The average Bonchev–Trinajstić information content (AvgIpc) is 2.58. The van der Waals surface area contributed by atoms with E-state index < -0.39 is 5.97 Å². The zero-order valence-corrected chi connectivity index (χ0v) is 9.03. The normalized spacial score (nSPS) is 19.1. The fourth-order valence-corrected chi connectivity index (χ4v) is 2.31. The molecule has 0 fully saturated rings. The Labute approximate surface area is 89.3 Å². The Balaban J connectivity index is 2.52. The summed E-state index contributed by atoms with van der Waals surface area (Å²) in [7, 11) is 0. The van der Waals surface area contributed by atoms with Gasteiger partial charge >= 0.3 is 5.97 Å². The van der Waals surface area contributed by atoms with Crippen LogP contribution in [0.15, 0.2) is 18.2 Å². The fourth-order valence-electron chi connectivity index (χ4n) is 2.31. The number of benzene rings is 1. The highest BCUT2D eigenvalue weighted by Crippen LogP contribution is 2.38. The number of rotatable bonds is 2. The molecule has 0 aliphatic carbocycles. The zero-order valence-electron chi connectivity index (χ0n) is 9.03. The van der Waals surface area contributed by atoms with Crippen LogP contribution >= 0.6 is 0 Å². The number of likely N-dealkylation sites (N-methyl/N-ethyl adjacent to an activating group) is 1. The Morgan fingerprint density at radius 3 is 2.93 bits per heavy atom. The maximum absolute atomic E-state index is 11.2. The van der Waals surface area contributed by atoms with Crippen LogP contribution in [0.4, 0.5) is 5.69 Å². The van der Waals surface area contributed by atoms with Gasteiger partial charge in [-0.15, -0.1) is 0 Å². The monoisotopic (exact) mass is 205 g/mol. The highest BCUT2D eigenvalue weighted by Gasteiger charge is 2.33. The van der Waals surface area contributed by atoms with Crippen molar-refractivity contribution in [3.05, 3.63) is 29.3 Å². The summed E-state index contributed by atoms with van der Waals surface area (Å²) >= 11 is 0. The molecule has 2 rings (SSSR count). The second-order valence-corrected chi connectivity index (χ2v) is 3.94. The summed E-state index contributed by atoms with van der Waals surface area (Å²) in [5, 5.41) is 9.17. The minimum atomic E-state index is -0.721. The molecule has 1 aliphatic rings. The van der Waals surface area contributed by atoms with E-state index in [1.54, 1.807) is 0 Å². The first-order valence-corrected chi connectivity index (χ1v) is 5.22. The van der Waals surface area contributed by atoms with Gasteiger partial charge in [0.15, 0.2) is 0 Å². The van der Waals surface area contributed by atoms with Crippen LogP contribution in [0.3, 0.4) is 0 Å². The molecule has 3 nitrogen and oxygen atoms in total. The van der Waals surface area contributed by atoms with Crippen LogP contribution in [0.2, 0.25) is 0 Å². The third kappa shape index (κ3) is 1.48. The molecule has 1 N–H and O–H groups in total. The molecular formula is C12H15NO2. The van der Waals surface area contributed by atoms with Crippen molar-refractivity contribution in [2.45, 2.75) is 19.8 Å². The summed E-state index contributed by atoms with van der Waals surface area (Å²) in [5.41, 5.74) is 3.16. The zero-order chi connectivity index (χ0) is 11.0. The van der Waals surface area contributed by atoms with E-state index in [1.807, 2.05) is 25.1 Å². The van der Waals surface area contributed by atoms with Crippen molar-refractivity contribution in [2.24, 2.45) is 0 Å². The van der Waals surface area contributed by atoms with E-state index in [9.17, 15) is 9.90 Å². The number of nitrogens with zero attached hydrogens (tertiary/aromatic N) is 1. The number of aliphatic carboxylic acids is 1. The molecular weight excluding hydrogens is 190 g/mol. The van der Waals surface area contributed by atoms with Crippen LogP contribution in [0, 0.1) is 6.92 Å². The maximum atomic E-state index is 11.2. The van der Waals surface area contributed by atoms with Crippen molar-refractivity contribution in [3.8, 4) is 0 Å². The molecule has 3 heteroatoms. The van der Waals surface area contributed by atoms with Gasteiger partial charge in [0.05, 0.1) is 0 Å². The second kappa shape index (κ2) is 3.57. The summed E-state index contributed by atoms with van der Waals surface area (Å²) in [6.45, 7) is 5.50. The molecule has 1 aliphatic heterocycles. The van der Waals surface area contributed by atoms with Crippen molar-refractivity contribution in [1.82, 2.24) is 0 Å². The van der Waals surface area contributed by atoms with Gasteiger partial charge < -0.3 is 10.0 Å². The van der Waals surface area contributed by atoms with Gasteiger partial charge in [-0.2, -0.15) is 0 Å². The van der Waals surface area contributed by atoms with Crippen LogP contribution in [-0.2, 0) is 4.79 Å². The molecule has 0 saturated carbocycles. The van der Waals surface area contributed by atoms with Crippen LogP contribution in [0.1, 0.15) is 24.0 Å². The molecule has 0 amide bonds. The largest absolute Gasteiger partial charge is 0.481 e. The van der Waals surface area contributed by atoms with Gasteiger partial charge in [0, 0.05) is 18.8 Å². The molecule has 0 spiro atoms. The van der Waals surface area contributed by atoms with Crippen LogP contribution in [-0.4, -0.2) is 24.2 Å². The molecule has 1 heterocycles. The molecule has 1 atom stereocenters. The Bertz CT molecular complexity index is 401. The molecule has 1 unspecified atom stereocenters. The van der Waals surface area contributed by atoms with Crippen molar-refractivity contribution in [2.75, 3.05) is 18.0 Å². The SMILES string of the molecule is CCN1CC(C(=O)O)c2c(C)cccc21. The maximum Gasteiger partial charge on any atom is 0.312 e. The molecule has 1 aromatic rings. The molecule has 1 aromatic carbocycles. The minimum absolute atomic E-state index is 0.360. The van der Waals surface area contributed by atoms with E-state index in [0.29, 0.717) is 6.54 Å². The Hall–Kier alpha value is -1.51. The Morgan fingerprint density at radius 2 is 2.33 bits per heavy atom. The van der Waals surface area contributed by atoms with Gasteiger partial charge in [0.1, 0.15) is 5.92 Å². The summed E-state index contributed by atoms with van der Waals surface area (Å²) in [6.07, 6.45) is 0. The third-order valence-corrected chi connectivity index (χ3v) is 3.07. The van der Waals surface area contributed by atoms with E-state index in [2.05, 4.69) is 11.8 Å². The summed E-state index contributed by atoms with van der Waals surface area (Å²) in [5.74, 6) is -1.08. The first-order valence-electron chi connectivity index (χ1n) is 5.22. The van der Waals surface area contributed by atoms with Gasteiger partial charge in [-0.25, -0.2) is 0 Å². The number of carboxylic acid groups (broad SMARTS) is 1. The second-order valence-electron chi connectivity index (χ2n) is 3.94. The van der Waals surface area contributed by atoms with Gasteiger partial charge in [-0.3, -0.25) is 4.79 Å². The lowest BCUT2D eigenvalue weighted by atomic mass is 9.97. The van der Waals surface area contributed by atoms with Gasteiger partial charge in [-0.1, -0.05) is 12.1 Å². The van der Waals surface area contributed by atoms with Gasteiger partial charge in [0.25, 0.3) is 0 Å². The van der Waals surface area contributed by atoms with Crippen LogP contribution in [0.25, 0.3) is 0 Å². The lowest BCUT2D eigenvalue weighted by molar-refractivity contribution is -0.138. The van der Waals surface area contributed by atoms with Crippen molar-refractivity contribution >= 4 is 11.7 Å². The number of fused-ring (bicyclic) bond motifs is 1. The van der Waals surface area contributed by atoms with Gasteiger partial charge in [-0.05, 0) is 31.0 Å². The standard InChI is InChI=1S/C12H15NO2/c1-3-13-7-9(12(14)15)11-8(2)5-4-6-10(11)13/h4-6,9H,3,7H2,1-2H3,(H,14,15). The van der Waals surface area contributed by atoms with Crippen LogP contribution in [0.5, 0.6) is 0 Å². The number of carboxylic acids is 1. The number of aryl methyl sites for hydroxylation is 1. The van der Waals surface area contributed by atoms with Crippen LogP contribution < -0.4 is 4.90 Å². The summed E-state index contributed by atoms with van der Waals surface area (Å²) in [4.78, 5) is 13.3. The first-order chi connectivity index (χ1) is 7.15. The molecule has 0 saturated heterocycles. The van der Waals surface area contributed by atoms with E-state index in [-0.39, 0.29) is 5.92 Å². The van der Waals surface area contributed by atoms with E-state index in [1.165, 1.54) is 0 Å². The molecule has 0 radical (unpaired) electrons. The topological polar surface area (TPSA) is 40.5 Å². The minimum Gasteiger partial charge on any atom is -0.481 e. The Morgan fingerprint density at radius 1 is 1.60 bits per heavy atom. The average molecular weight is 205 g/mol. The van der Waals surface area contributed by atoms with E-state index in [0.717, 1.165) is 23.4 Å². The number of anilines is 1. The van der Waals surface area contributed by atoms with Crippen molar-refractivity contribution in [1.29, 1.82) is 0 Å². The van der Waals surface area contributed by atoms with Crippen molar-refractivity contribution < 1.29 is 9.90 Å². The predicted octanol–water partition coefficient (Wildman–Crippen LogP) is 2.00. The van der Waals surface area contributed by atoms with Gasteiger partial charge in [0.2, 0.25) is 0 Å². The first kappa shape index (κ1) is 10.0. The highest BCUT2D eigenvalue weighted by molar-refractivity contribution is 5.83. The fraction of sp³-hybridized carbons (Fsp3) is 0.417. The lowest BCUT2D eigenvalue weighted by Crippen LogP contribution is -2.23. The Kier molecular flexibility index (Phi) is 2.39.